The lowest BCUT2D eigenvalue weighted by atomic mass is 9.96. The smallest absolute Gasteiger partial charge is 0.195 e. The first-order chi connectivity index (χ1) is 11.8. The van der Waals surface area contributed by atoms with E-state index in [4.69, 9.17) is 12.2 Å². The molecule has 0 amide bonds. The number of hydrogen-bond acceptors (Lipinski definition) is 6. The average molecular weight is 341 g/mol. The molecule has 1 aliphatic heterocycles. The zero-order valence-electron chi connectivity index (χ0n) is 13.5. The van der Waals surface area contributed by atoms with Crippen LogP contribution in [0.1, 0.15) is 31.5 Å². The van der Waals surface area contributed by atoms with Gasteiger partial charge >= 0.3 is 0 Å². The fourth-order valence-electron chi connectivity index (χ4n) is 3.33. The van der Waals surface area contributed by atoms with Crippen LogP contribution >= 0.6 is 12.2 Å². The fraction of sp³-hybridized carbons (Fsp3) is 0.438. The second-order valence-corrected chi connectivity index (χ2v) is 6.35. The first-order valence-corrected chi connectivity index (χ1v) is 8.65. The van der Waals surface area contributed by atoms with Gasteiger partial charge in [-0.05, 0) is 44.1 Å². The summed E-state index contributed by atoms with van der Waals surface area (Å²) in [5, 5.41) is 7.37. The summed E-state index contributed by atoms with van der Waals surface area (Å²) in [6.07, 6.45) is 5.45. The van der Waals surface area contributed by atoms with Crippen molar-refractivity contribution in [1.29, 1.82) is 0 Å². The maximum atomic E-state index is 5.30. The van der Waals surface area contributed by atoms with Crippen LogP contribution in [0.2, 0.25) is 0 Å². The number of H-pyrrole nitrogens is 1. The number of anilines is 1. The number of aromatic nitrogens is 6. The zero-order valence-corrected chi connectivity index (χ0v) is 14.3. The van der Waals surface area contributed by atoms with Crippen LogP contribution in [0.15, 0.2) is 24.5 Å². The van der Waals surface area contributed by atoms with E-state index in [2.05, 4.69) is 41.5 Å². The molecule has 0 saturated carbocycles. The quantitative estimate of drug-likeness (QED) is 0.738. The molecule has 0 atom stereocenters. The van der Waals surface area contributed by atoms with E-state index in [-0.39, 0.29) is 0 Å². The third kappa shape index (κ3) is 2.66. The maximum absolute atomic E-state index is 5.30. The van der Waals surface area contributed by atoms with Crippen LogP contribution in [0.4, 0.5) is 5.82 Å². The molecule has 0 aliphatic carbocycles. The summed E-state index contributed by atoms with van der Waals surface area (Å²) in [7, 11) is 0. The van der Waals surface area contributed by atoms with Gasteiger partial charge in [0.1, 0.15) is 17.2 Å². The first-order valence-electron chi connectivity index (χ1n) is 8.24. The van der Waals surface area contributed by atoms with Crippen LogP contribution in [0, 0.1) is 4.77 Å². The molecule has 0 bridgehead atoms. The van der Waals surface area contributed by atoms with Gasteiger partial charge in [0, 0.05) is 37.9 Å². The van der Waals surface area contributed by atoms with Crippen LogP contribution in [-0.2, 0) is 6.54 Å². The Morgan fingerprint density at radius 1 is 1.21 bits per heavy atom. The Kier molecular flexibility index (Phi) is 3.97. The molecule has 0 aromatic carbocycles. The summed E-state index contributed by atoms with van der Waals surface area (Å²) in [5.74, 6) is 2.49. The van der Waals surface area contributed by atoms with E-state index < -0.39 is 0 Å². The van der Waals surface area contributed by atoms with Crippen LogP contribution in [0.3, 0.4) is 0 Å². The molecule has 3 aromatic heterocycles. The van der Waals surface area contributed by atoms with Gasteiger partial charge in [-0.25, -0.2) is 9.97 Å². The Morgan fingerprint density at radius 2 is 2.00 bits per heavy atom. The Hall–Kier alpha value is -2.35. The summed E-state index contributed by atoms with van der Waals surface area (Å²) >= 11 is 5.30. The predicted octanol–water partition coefficient (Wildman–Crippen LogP) is 2.68. The lowest BCUT2D eigenvalue weighted by Gasteiger charge is -2.32. The van der Waals surface area contributed by atoms with Gasteiger partial charge in [0.05, 0.1) is 0 Å². The van der Waals surface area contributed by atoms with E-state index in [0.29, 0.717) is 16.3 Å². The number of nitrogens with one attached hydrogen (secondary N) is 1. The van der Waals surface area contributed by atoms with Crippen molar-refractivity contribution in [1.82, 2.24) is 29.7 Å². The van der Waals surface area contributed by atoms with Crippen molar-refractivity contribution >= 4 is 29.2 Å². The summed E-state index contributed by atoms with van der Waals surface area (Å²) in [6.45, 7) is 4.86. The number of hydrogen-bond donors (Lipinski definition) is 1. The van der Waals surface area contributed by atoms with Crippen molar-refractivity contribution in [3.05, 3.63) is 35.1 Å². The molecule has 1 aliphatic rings. The minimum atomic E-state index is 0.439. The van der Waals surface area contributed by atoms with E-state index in [1.165, 1.54) is 0 Å². The van der Waals surface area contributed by atoms with Gasteiger partial charge in [-0.3, -0.25) is 10.1 Å². The topological polar surface area (TPSA) is 75.5 Å². The highest BCUT2D eigenvalue weighted by molar-refractivity contribution is 7.71. The molecule has 1 fully saturated rings. The molecule has 124 valence electrons. The molecule has 0 spiro atoms. The Morgan fingerprint density at radius 3 is 2.79 bits per heavy atom. The number of aromatic amines is 1. The van der Waals surface area contributed by atoms with Crippen molar-refractivity contribution < 1.29 is 0 Å². The highest BCUT2D eigenvalue weighted by Crippen LogP contribution is 2.29. The van der Waals surface area contributed by atoms with Crippen LogP contribution in [-0.4, -0.2) is 42.8 Å². The van der Waals surface area contributed by atoms with E-state index in [1.54, 1.807) is 12.4 Å². The van der Waals surface area contributed by atoms with Gasteiger partial charge < -0.3 is 9.47 Å². The molecule has 8 heteroatoms. The molecule has 3 aromatic rings. The number of nitrogens with zero attached hydrogens (tertiary/aromatic N) is 6. The van der Waals surface area contributed by atoms with Gasteiger partial charge in [0.25, 0.3) is 0 Å². The van der Waals surface area contributed by atoms with E-state index in [0.717, 1.165) is 49.6 Å². The predicted molar refractivity (Wildman–Crippen MR) is 94.6 cm³/mol. The lowest BCUT2D eigenvalue weighted by Crippen LogP contribution is -2.34. The number of rotatable bonds is 3. The van der Waals surface area contributed by atoms with Crippen LogP contribution < -0.4 is 4.90 Å². The van der Waals surface area contributed by atoms with E-state index in [1.807, 2.05) is 12.1 Å². The third-order valence-electron chi connectivity index (χ3n) is 4.61. The van der Waals surface area contributed by atoms with Crippen LogP contribution in [0.25, 0.3) is 11.2 Å². The molecule has 0 unspecified atom stereocenters. The minimum Gasteiger partial charge on any atom is -0.356 e. The van der Waals surface area contributed by atoms with Gasteiger partial charge in [0.15, 0.2) is 10.4 Å². The molecule has 1 saturated heterocycles. The summed E-state index contributed by atoms with van der Waals surface area (Å²) in [4.78, 5) is 15.5. The standard InChI is InChI=1S/C16H19N7S/c1-2-23-15(20-21-16(23)24)11-5-9-22(10-6-11)13-4-3-12-14(19-13)18-8-7-17-12/h3-4,7-8,11H,2,5-6,9-10H2,1H3,(H,21,24). The molecule has 0 radical (unpaired) electrons. The highest BCUT2D eigenvalue weighted by Gasteiger charge is 2.25. The Balaban J connectivity index is 1.51. The normalized spacial score (nSPS) is 16.0. The zero-order chi connectivity index (χ0) is 16.5. The highest BCUT2D eigenvalue weighted by atomic mass is 32.1. The summed E-state index contributed by atoms with van der Waals surface area (Å²) in [6, 6.07) is 4.01. The Labute approximate surface area is 144 Å². The molecule has 24 heavy (non-hydrogen) atoms. The molecule has 7 nitrogen and oxygen atoms in total. The lowest BCUT2D eigenvalue weighted by molar-refractivity contribution is 0.465. The largest absolute Gasteiger partial charge is 0.356 e. The van der Waals surface area contributed by atoms with Gasteiger partial charge in [-0.1, -0.05) is 0 Å². The van der Waals surface area contributed by atoms with Gasteiger partial charge in [-0.2, -0.15) is 5.10 Å². The minimum absolute atomic E-state index is 0.439. The van der Waals surface area contributed by atoms with Gasteiger partial charge in [-0.15, -0.1) is 0 Å². The number of fused-ring (bicyclic) bond motifs is 1. The van der Waals surface area contributed by atoms with Crippen LogP contribution in [0.5, 0.6) is 0 Å². The fourth-order valence-corrected chi connectivity index (χ4v) is 3.60. The maximum Gasteiger partial charge on any atom is 0.195 e. The molecule has 4 heterocycles. The average Bonchev–Trinajstić information content (AvgIpc) is 3.02. The third-order valence-corrected chi connectivity index (χ3v) is 4.92. The van der Waals surface area contributed by atoms with Gasteiger partial charge in [0.2, 0.25) is 0 Å². The van der Waals surface area contributed by atoms with E-state index >= 15 is 0 Å². The summed E-state index contributed by atoms with van der Waals surface area (Å²) in [5.41, 5.74) is 1.53. The first kappa shape index (κ1) is 15.2. The molecule has 1 N–H and O–H groups in total. The SMILES string of the molecule is CCn1c(C2CCN(c3ccc4nccnc4n3)CC2)n[nH]c1=S. The Bertz CT molecular complexity index is 908. The van der Waals surface area contributed by atoms with E-state index in [9.17, 15) is 0 Å². The molecule has 4 rings (SSSR count). The molecular weight excluding hydrogens is 322 g/mol. The van der Waals surface area contributed by atoms with Crippen molar-refractivity contribution in [2.45, 2.75) is 32.2 Å². The van der Waals surface area contributed by atoms with Crippen molar-refractivity contribution in [2.75, 3.05) is 18.0 Å². The van der Waals surface area contributed by atoms with Crippen molar-refractivity contribution in [3.63, 3.8) is 0 Å². The second kappa shape index (κ2) is 6.27. The summed E-state index contributed by atoms with van der Waals surface area (Å²) < 4.78 is 2.81. The van der Waals surface area contributed by atoms with Crippen molar-refractivity contribution in [2.24, 2.45) is 0 Å². The molecular formula is C16H19N7S. The monoisotopic (exact) mass is 341 g/mol. The number of pyridine rings is 1. The van der Waals surface area contributed by atoms with Crippen molar-refractivity contribution in [3.8, 4) is 0 Å². The number of piperidine rings is 1. The second-order valence-electron chi connectivity index (χ2n) is 5.96.